The Balaban J connectivity index is 1.21. The maximum atomic E-state index is 7.21. The molecule has 0 aromatic heterocycles. The van der Waals surface area contributed by atoms with Gasteiger partial charge in [0, 0.05) is 0 Å². The first kappa shape index (κ1) is 32.3. The minimum absolute atomic E-state index is 0.00128. The van der Waals surface area contributed by atoms with E-state index >= 15 is 0 Å². The quantitative estimate of drug-likeness (QED) is 0.168. The first-order valence-electron chi connectivity index (χ1n) is 17.8. The summed E-state index contributed by atoms with van der Waals surface area (Å²) in [6, 6.07) is 22.1. The Morgan fingerprint density at radius 3 is 2.07 bits per heavy atom. The molecule has 1 aliphatic heterocycles. The smallest absolute Gasteiger partial charge is 0.261 e. The lowest BCUT2D eigenvalue weighted by molar-refractivity contribution is -0.164. The van der Waals surface area contributed by atoms with E-state index in [0.29, 0.717) is 34.9 Å². The van der Waals surface area contributed by atoms with E-state index in [0.717, 1.165) is 18.3 Å². The lowest BCUT2D eigenvalue weighted by atomic mass is 9.38. The van der Waals surface area contributed by atoms with Crippen LogP contribution in [0, 0.1) is 34.0 Å². The molecule has 0 N–H and O–H groups in total. The third kappa shape index (κ3) is 5.12. The summed E-state index contributed by atoms with van der Waals surface area (Å²) in [5.41, 5.74) is 2.83. The molecular weight excluding hydrogens is 553 g/mol. The van der Waals surface area contributed by atoms with Gasteiger partial charge >= 0.3 is 0 Å². The Morgan fingerprint density at radius 1 is 0.864 bits per heavy atom. The molecule has 2 aromatic carbocycles. The fraction of sp³-hybridized carbons (Fsp3) is 0.659. The fourth-order valence-corrected chi connectivity index (χ4v) is 16.0. The van der Waals surface area contributed by atoms with E-state index in [4.69, 9.17) is 9.16 Å². The van der Waals surface area contributed by atoms with Gasteiger partial charge in [0.25, 0.3) is 8.32 Å². The normalized spacial score (nSPS) is 36.6. The van der Waals surface area contributed by atoms with Crippen molar-refractivity contribution in [2.24, 2.45) is 34.0 Å². The zero-order chi connectivity index (χ0) is 31.6. The van der Waals surface area contributed by atoms with Crippen LogP contribution in [0.3, 0.4) is 0 Å². The zero-order valence-electron chi connectivity index (χ0n) is 29.3. The van der Waals surface area contributed by atoms with E-state index in [-0.39, 0.29) is 10.6 Å². The van der Waals surface area contributed by atoms with Crippen LogP contribution < -0.4 is 10.4 Å². The summed E-state index contributed by atoms with van der Waals surface area (Å²) in [5, 5.41) is 2.70. The Kier molecular flexibility index (Phi) is 8.24. The van der Waals surface area contributed by atoms with Crippen molar-refractivity contribution < 1.29 is 9.16 Å². The standard InChI is InChI=1S/C41H60O2Si/c1-30(24-28-42-44(37(2,3)4,31-17-12-10-13-18-31)32-19-14-11-15-20-32)21-22-34-40(8)27-23-33-38(5,6)25-16-26-39(33,7)35(40)29-36-41(34,9)43-36/h10-15,17-20,24,33-36H,16,21-23,25-29H2,1-9H3/b30-24-/t33-,34-,35+,36-,39-,40-,41+/m1/s1. The van der Waals surface area contributed by atoms with Gasteiger partial charge in [-0.15, -0.1) is 0 Å². The summed E-state index contributed by atoms with van der Waals surface area (Å²) >= 11 is 0. The molecule has 6 rings (SSSR count). The minimum atomic E-state index is -2.52. The van der Waals surface area contributed by atoms with Crippen LogP contribution in [0.25, 0.3) is 0 Å². The van der Waals surface area contributed by atoms with Crippen LogP contribution in [0.1, 0.15) is 114 Å². The highest BCUT2D eigenvalue weighted by molar-refractivity contribution is 6.99. The number of hydrogen-bond donors (Lipinski definition) is 0. The molecular formula is C41H60O2Si. The van der Waals surface area contributed by atoms with Crippen molar-refractivity contribution in [2.75, 3.05) is 6.61 Å². The van der Waals surface area contributed by atoms with Crippen molar-refractivity contribution in [1.82, 2.24) is 0 Å². The molecule has 0 radical (unpaired) electrons. The van der Waals surface area contributed by atoms with Gasteiger partial charge in [0.15, 0.2) is 0 Å². The van der Waals surface area contributed by atoms with Gasteiger partial charge in [-0.2, -0.15) is 0 Å². The fourth-order valence-electron chi connectivity index (χ4n) is 11.5. The molecule has 1 saturated heterocycles. The molecule has 4 aliphatic rings. The van der Waals surface area contributed by atoms with Crippen LogP contribution in [-0.2, 0) is 9.16 Å². The van der Waals surface area contributed by atoms with Gasteiger partial charge in [-0.25, -0.2) is 0 Å². The molecule has 3 aliphatic carbocycles. The van der Waals surface area contributed by atoms with Crippen LogP contribution in [0.2, 0.25) is 5.04 Å². The van der Waals surface area contributed by atoms with Gasteiger partial charge < -0.3 is 9.16 Å². The molecule has 2 aromatic rings. The van der Waals surface area contributed by atoms with E-state index in [1.54, 1.807) is 0 Å². The van der Waals surface area contributed by atoms with Gasteiger partial charge in [0.1, 0.15) is 0 Å². The molecule has 7 atom stereocenters. The maximum absolute atomic E-state index is 7.21. The van der Waals surface area contributed by atoms with E-state index in [2.05, 4.69) is 129 Å². The maximum Gasteiger partial charge on any atom is 0.261 e. The van der Waals surface area contributed by atoms with E-state index in [9.17, 15) is 0 Å². The predicted octanol–water partition coefficient (Wildman–Crippen LogP) is 9.72. The number of ether oxygens (including phenoxy) is 1. The second kappa shape index (κ2) is 11.2. The van der Waals surface area contributed by atoms with Crippen molar-refractivity contribution >= 4 is 18.7 Å². The summed E-state index contributed by atoms with van der Waals surface area (Å²) < 4.78 is 13.9. The molecule has 0 amide bonds. The Morgan fingerprint density at radius 2 is 1.48 bits per heavy atom. The SMILES string of the molecule is C/C(=C/CO[Si](c1ccccc1)(c1ccccc1)C(C)(C)C)CC[C@@H]1[C@@]2(C)CC[C@@H]3C(C)(C)CCC[C@@]3(C)[C@@H]2C[C@H]2O[C@@]12C. The first-order chi connectivity index (χ1) is 20.7. The van der Waals surface area contributed by atoms with E-state index in [1.807, 2.05) is 0 Å². The molecule has 0 unspecified atom stereocenters. The lowest BCUT2D eigenvalue weighted by Gasteiger charge is -2.66. The van der Waals surface area contributed by atoms with Crippen molar-refractivity contribution in [1.29, 1.82) is 0 Å². The summed E-state index contributed by atoms with van der Waals surface area (Å²) in [6.07, 6.45) is 13.5. The second-order valence-electron chi connectivity index (χ2n) is 17.6. The van der Waals surface area contributed by atoms with Crippen LogP contribution >= 0.6 is 0 Å². The second-order valence-corrected chi connectivity index (χ2v) is 21.9. The molecule has 3 heteroatoms. The highest BCUT2D eigenvalue weighted by Crippen LogP contribution is 2.73. The van der Waals surface area contributed by atoms with Crippen molar-refractivity contribution in [3.63, 3.8) is 0 Å². The monoisotopic (exact) mass is 612 g/mol. The summed E-state index contributed by atoms with van der Waals surface area (Å²) in [4.78, 5) is 0. The molecule has 0 spiro atoms. The van der Waals surface area contributed by atoms with Crippen LogP contribution in [-0.4, -0.2) is 26.6 Å². The molecule has 240 valence electrons. The van der Waals surface area contributed by atoms with E-state index in [1.165, 1.54) is 60.9 Å². The molecule has 2 nitrogen and oxygen atoms in total. The Bertz CT molecular complexity index is 1300. The van der Waals surface area contributed by atoms with Gasteiger partial charge in [0.05, 0.1) is 18.3 Å². The average molecular weight is 613 g/mol. The molecule has 3 saturated carbocycles. The van der Waals surface area contributed by atoms with Crippen LogP contribution in [0.5, 0.6) is 0 Å². The van der Waals surface area contributed by atoms with Gasteiger partial charge in [-0.3, -0.25) is 0 Å². The summed E-state index contributed by atoms with van der Waals surface area (Å²) in [5.74, 6) is 2.26. The van der Waals surface area contributed by atoms with Crippen LogP contribution in [0.4, 0.5) is 0 Å². The minimum Gasteiger partial charge on any atom is -0.404 e. The topological polar surface area (TPSA) is 21.8 Å². The number of benzene rings is 2. The zero-order valence-corrected chi connectivity index (χ0v) is 30.3. The Labute approximate surface area is 270 Å². The highest BCUT2D eigenvalue weighted by atomic mass is 28.4. The largest absolute Gasteiger partial charge is 0.404 e. The van der Waals surface area contributed by atoms with Gasteiger partial charge in [0.2, 0.25) is 0 Å². The third-order valence-electron chi connectivity index (χ3n) is 13.7. The van der Waals surface area contributed by atoms with Crippen molar-refractivity contribution in [2.45, 2.75) is 130 Å². The van der Waals surface area contributed by atoms with E-state index < -0.39 is 8.32 Å². The average Bonchev–Trinajstić information content (AvgIpc) is 3.64. The summed E-state index contributed by atoms with van der Waals surface area (Å²) in [6.45, 7) is 23.1. The van der Waals surface area contributed by atoms with Crippen molar-refractivity contribution in [3.05, 3.63) is 72.3 Å². The number of rotatable bonds is 8. The molecule has 44 heavy (non-hydrogen) atoms. The molecule has 1 heterocycles. The lowest BCUT2D eigenvalue weighted by Crippen LogP contribution is -2.66. The number of hydrogen-bond acceptors (Lipinski definition) is 2. The molecule has 0 bridgehead atoms. The predicted molar refractivity (Wildman–Crippen MR) is 188 cm³/mol. The highest BCUT2D eigenvalue weighted by Gasteiger charge is 2.72. The summed E-state index contributed by atoms with van der Waals surface area (Å²) in [7, 11) is -2.52. The third-order valence-corrected chi connectivity index (χ3v) is 18.7. The van der Waals surface area contributed by atoms with Gasteiger partial charge in [-0.1, -0.05) is 127 Å². The first-order valence-corrected chi connectivity index (χ1v) is 19.7. The Hall–Kier alpha value is -1.68. The number of allylic oxidation sites excluding steroid dienone is 1. The van der Waals surface area contributed by atoms with Crippen LogP contribution in [0.15, 0.2) is 72.3 Å². The van der Waals surface area contributed by atoms with Gasteiger partial charge in [-0.05, 0) is 108 Å². The number of fused-ring (bicyclic) bond motifs is 4. The van der Waals surface area contributed by atoms with Crippen molar-refractivity contribution in [3.8, 4) is 0 Å². The number of epoxide rings is 1. The molecule has 4 fully saturated rings.